The van der Waals surface area contributed by atoms with Crippen LogP contribution in [0.15, 0.2) is 54.7 Å². The number of hydrogen-bond acceptors (Lipinski definition) is 3. The molecule has 2 aromatic carbocycles. The third-order valence-corrected chi connectivity index (χ3v) is 6.53. The maximum Gasteiger partial charge on any atom is 0.257 e. The monoisotopic (exact) mass is 444 g/mol. The number of benzene rings is 2. The van der Waals surface area contributed by atoms with E-state index in [-0.39, 0.29) is 17.7 Å². The van der Waals surface area contributed by atoms with E-state index in [2.05, 4.69) is 38.1 Å². The van der Waals surface area contributed by atoms with Crippen molar-refractivity contribution in [2.24, 2.45) is 5.92 Å². The van der Waals surface area contributed by atoms with Crippen LogP contribution in [0.25, 0.3) is 11.3 Å². The van der Waals surface area contributed by atoms with E-state index in [0.717, 1.165) is 11.1 Å². The van der Waals surface area contributed by atoms with Crippen LogP contribution in [-0.2, 0) is 11.3 Å². The second kappa shape index (κ2) is 9.61. The predicted molar refractivity (Wildman–Crippen MR) is 130 cm³/mol. The number of aromatic nitrogens is 2. The first-order valence-electron chi connectivity index (χ1n) is 11.5. The van der Waals surface area contributed by atoms with E-state index in [1.54, 1.807) is 19.0 Å². The fourth-order valence-electron chi connectivity index (χ4n) is 4.40. The third kappa shape index (κ3) is 5.00. The Balaban J connectivity index is 1.62. The lowest BCUT2D eigenvalue weighted by Crippen LogP contribution is -2.42. The van der Waals surface area contributed by atoms with Gasteiger partial charge in [0.15, 0.2) is 0 Å². The van der Waals surface area contributed by atoms with Crippen LogP contribution >= 0.6 is 0 Å². The summed E-state index contributed by atoms with van der Waals surface area (Å²) < 4.78 is 1.86. The number of aryl methyl sites for hydroxylation is 2. The molecule has 172 valence electrons. The summed E-state index contributed by atoms with van der Waals surface area (Å²) in [6.07, 6.45) is 3.26. The first-order chi connectivity index (χ1) is 15.8. The van der Waals surface area contributed by atoms with Gasteiger partial charge in [-0.25, -0.2) is 0 Å². The van der Waals surface area contributed by atoms with Gasteiger partial charge in [-0.2, -0.15) is 5.10 Å². The van der Waals surface area contributed by atoms with Crippen LogP contribution in [0.1, 0.15) is 39.9 Å². The van der Waals surface area contributed by atoms with Gasteiger partial charge in [0.1, 0.15) is 5.69 Å². The molecule has 0 atom stereocenters. The number of amides is 2. The maximum absolute atomic E-state index is 13.6. The summed E-state index contributed by atoms with van der Waals surface area (Å²) >= 11 is 0. The van der Waals surface area contributed by atoms with E-state index >= 15 is 0 Å². The third-order valence-electron chi connectivity index (χ3n) is 6.53. The lowest BCUT2D eigenvalue weighted by Gasteiger charge is -2.32. The quantitative estimate of drug-likeness (QED) is 0.594. The van der Waals surface area contributed by atoms with Crippen LogP contribution in [-0.4, -0.2) is 58.6 Å². The largest absolute Gasteiger partial charge is 0.349 e. The highest BCUT2D eigenvalue weighted by atomic mass is 16.2. The molecule has 0 saturated carbocycles. The number of likely N-dealkylation sites (tertiary alicyclic amines) is 1. The van der Waals surface area contributed by atoms with Crippen molar-refractivity contribution in [3.05, 3.63) is 77.0 Å². The second-order valence-corrected chi connectivity index (χ2v) is 9.17. The minimum absolute atomic E-state index is 0.0101. The molecule has 33 heavy (non-hydrogen) atoms. The van der Waals surface area contributed by atoms with Crippen LogP contribution in [0.5, 0.6) is 0 Å². The Hall–Kier alpha value is -3.41. The second-order valence-electron chi connectivity index (χ2n) is 9.17. The molecule has 4 rings (SSSR count). The first kappa shape index (κ1) is 22.8. The number of carbonyl (C=O) groups excluding carboxylic acids is 2. The van der Waals surface area contributed by atoms with Gasteiger partial charge in [-0.15, -0.1) is 0 Å². The Morgan fingerprint density at radius 3 is 2.33 bits per heavy atom. The minimum Gasteiger partial charge on any atom is -0.349 e. The topological polar surface area (TPSA) is 58.4 Å². The molecule has 6 nitrogen and oxygen atoms in total. The van der Waals surface area contributed by atoms with E-state index < -0.39 is 0 Å². The molecule has 2 heterocycles. The van der Waals surface area contributed by atoms with E-state index in [4.69, 9.17) is 5.10 Å². The van der Waals surface area contributed by atoms with Crippen molar-refractivity contribution >= 4 is 11.8 Å². The van der Waals surface area contributed by atoms with Crippen molar-refractivity contribution in [3.8, 4) is 11.3 Å². The van der Waals surface area contributed by atoms with Crippen molar-refractivity contribution in [1.29, 1.82) is 0 Å². The maximum atomic E-state index is 13.6. The van der Waals surface area contributed by atoms with Gasteiger partial charge in [0, 0.05) is 44.9 Å². The number of hydrogen-bond donors (Lipinski definition) is 0. The molecule has 1 fully saturated rings. The number of rotatable bonds is 5. The lowest BCUT2D eigenvalue weighted by molar-refractivity contribution is -0.134. The van der Waals surface area contributed by atoms with Gasteiger partial charge in [0.2, 0.25) is 5.91 Å². The van der Waals surface area contributed by atoms with Crippen LogP contribution in [0.3, 0.4) is 0 Å². The molecule has 0 aliphatic carbocycles. The smallest absolute Gasteiger partial charge is 0.257 e. The summed E-state index contributed by atoms with van der Waals surface area (Å²) in [6.45, 7) is 5.93. The number of piperidine rings is 1. The van der Waals surface area contributed by atoms with E-state index in [1.165, 1.54) is 11.1 Å². The molecule has 1 saturated heterocycles. The summed E-state index contributed by atoms with van der Waals surface area (Å²) in [4.78, 5) is 29.4. The van der Waals surface area contributed by atoms with Gasteiger partial charge in [-0.1, -0.05) is 42.5 Å². The van der Waals surface area contributed by atoms with Crippen molar-refractivity contribution in [2.75, 3.05) is 27.2 Å². The average Bonchev–Trinajstić information content (AvgIpc) is 3.24. The van der Waals surface area contributed by atoms with Gasteiger partial charge < -0.3 is 9.80 Å². The van der Waals surface area contributed by atoms with Crippen LogP contribution in [0, 0.1) is 19.8 Å². The number of carbonyl (C=O) groups is 2. The molecule has 2 amide bonds. The molecule has 1 aliphatic rings. The lowest BCUT2D eigenvalue weighted by atomic mass is 9.94. The predicted octanol–water partition coefficient (Wildman–Crippen LogP) is 4.16. The van der Waals surface area contributed by atoms with E-state index in [1.807, 2.05) is 40.0 Å². The summed E-state index contributed by atoms with van der Waals surface area (Å²) in [7, 11) is 3.58. The van der Waals surface area contributed by atoms with Gasteiger partial charge in [-0.3, -0.25) is 14.3 Å². The number of nitrogens with zero attached hydrogens (tertiary/aromatic N) is 4. The fraction of sp³-hybridized carbons (Fsp3) is 0.370. The van der Waals surface area contributed by atoms with Gasteiger partial charge in [-0.05, 0) is 49.4 Å². The molecular weight excluding hydrogens is 412 g/mol. The molecule has 0 N–H and O–H groups in total. The highest BCUT2D eigenvalue weighted by Gasteiger charge is 2.30. The Bertz CT molecular complexity index is 1140. The molecule has 3 aromatic rings. The summed E-state index contributed by atoms with van der Waals surface area (Å²) in [6, 6.07) is 16.3. The van der Waals surface area contributed by atoms with E-state index in [0.29, 0.717) is 43.7 Å². The molecule has 0 bridgehead atoms. The van der Waals surface area contributed by atoms with Gasteiger partial charge >= 0.3 is 0 Å². The van der Waals surface area contributed by atoms with Crippen molar-refractivity contribution < 1.29 is 9.59 Å². The SMILES string of the molecule is Cc1ccc(-c2nn(Cc3ccccc3)cc2C(=O)N2CCC(C(=O)N(C)C)CC2)cc1C. The van der Waals surface area contributed by atoms with Crippen molar-refractivity contribution in [2.45, 2.75) is 33.2 Å². The van der Waals surface area contributed by atoms with Gasteiger partial charge in [0.05, 0.1) is 12.1 Å². The molecule has 0 spiro atoms. The summed E-state index contributed by atoms with van der Waals surface area (Å²) in [5.74, 6) is 0.121. The zero-order chi connectivity index (χ0) is 23.5. The standard InChI is InChI=1S/C27H32N4O2/c1-19-10-11-23(16-20(19)2)25-24(18-31(28-25)17-21-8-6-5-7-9-21)27(33)30-14-12-22(13-15-30)26(32)29(3)4/h5-11,16,18,22H,12-15,17H2,1-4H3. The van der Waals surface area contributed by atoms with Crippen LogP contribution < -0.4 is 0 Å². The minimum atomic E-state index is -0.0155. The van der Waals surface area contributed by atoms with Crippen LogP contribution in [0.4, 0.5) is 0 Å². The molecule has 1 aliphatic heterocycles. The molecule has 1 aromatic heterocycles. The first-order valence-corrected chi connectivity index (χ1v) is 11.5. The molecular formula is C27H32N4O2. The Morgan fingerprint density at radius 1 is 1.00 bits per heavy atom. The zero-order valence-corrected chi connectivity index (χ0v) is 19.9. The highest BCUT2D eigenvalue weighted by molar-refractivity contribution is 6.00. The summed E-state index contributed by atoms with van der Waals surface area (Å²) in [5, 5.41) is 4.84. The zero-order valence-electron chi connectivity index (χ0n) is 19.9. The van der Waals surface area contributed by atoms with Crippen molar-refractivity contribution in [1.82, 2.24) is 19.6 Å². The molecule has 0 unspecified atom stereocenters. The average molecular weight is 445 g/mol. The van der Waals surface area contributed by atoms with Crippen LogP contribution in [0.2, 0.25) is 0 Å². The Labute approximate surface area is 195 Å². The summed E-state index contributed by atoms with van der Waals surface area (Å²) in [5.41, 5.74) is 5.80. The molecule has 6 heteroatoms. The van der Waals surface area contributed by atoms with Crippen molar-refractivity contribution in [3.63, 3.8) is 0 Å². The Kier molecular flexibility index (Phi) is 6.63. The highest BCUT2D eigenvalue weighted by Crippen LogP contribution is 2.28. The Morgan fingerprint density at radius 2 is 1.70 bits per heavy atom. The normalized spacial score (nSPS) is 14.4. The molecule has 0 radical (unpaired) electrons. The van der Waals surface area contributed by atoms with Gasteiger partial charge in [0.25, 0.3) is 5.91 Å². The van der Waals surface area contributed by atoms with E-state index in [9.17, 15) is 9.59 Å². The fourth-order valence-corrected chi connectivity index (χ4v) is 4.40.